The van der Waals surface area contributed by atoms with E-state index in [0.717, 1.165) is 49.0 Å². The topological polar surface area (TPSA) is 4.93 Å². The summed E-state index contributed by atoms with van der Waals surface area (Å²) in [6, 6.07) is 7.61. The molecule has 3 radical (unpaired) electrons. The molecule has 2 aliphatic carbocycles. The molecule has 1 aromatic heterocycles. The molecule has 0 spiro atoms. The van der Waals surface area contributed by atoms with E-state index in [1.807, 2.05) is 6.07 Å². The van der Waals surface area contributed by atoms with Gasteiger partial charge in [0, 0.05) is 0 Å². The fourth-order valence-electron chi connectivity index (χ4n) is 5.61. The van der Waals surface area contributed by atoms with E-state index < -0.39 is 0 Å². The van der Waals surface area contributed by atoms with Crippen LogP contribution in [0.25, 0.3) is 10.9 Å². The number of nitrogens with zero attached hydrogens (tertiary/aromatic N) is 1. The molecule has 1 nitrogen and oxygen atoms in total. The molecule has 115 valence electrons. The van der Waals surface area contributed by atoms with E-state index in [1.54, 1.807) is 12.1 Å². The Kier molecular flexibility index (Phi) is 3.66. The summed E-state index contributed by atoms with van der Waals surface area (Å²) in [5.41, 5.74) is 1.37. The van der Waals surface area contributed by atoms with Crippen LogP contribution in [0, 0.1) is 23.6 Å². The van der Waals surface area contributed by atoms with Crippen LogP contribution in [0.2, 0.25) is 0 Å². The van der Waals surface area contributed by atoms with Crippen molar-refractivity contribution in [2.45, 2.75) is 51.5 Å². The van der Waals surface area contributed by atoms with Crippen molar-refractivity contribution >= 4 is 39.9 Å². The van der Waals surface area contributed by atoms with Crippen molar-refractivity contribution in [1.29, 1.82) is 0 Å². The van der Waals surface area contributed by atoms with Crippen molar-refractivity contribution in [2.24, 2.45) is 17.8 Å². The summed E-state index contributed by atoms with van der Waals surface area (Å²) in [5.74, 6) is 2.34. The molecule has 2 aliphatic rings. The van der Waals surface area contributed by atoms with Gasteiger partial charge in [-0.05, 0) is 0 Å². The summed E-state index contributed by atoms with van der Waals surface area (Å²) in [4.78, 5) is 0. The average Bonchev–Trinajstić information content (AvgIpc) is 2.72. The molecule has 0 amide bonds. The van der Waals surface area contributed by atoms with E-state index in [1.165, 1.54) is 40.7 Å². The second-order valence-electron chi connectivity index (χ2n) is 7.95. The predicted molar refractivity (Wildman–Crippen MR) is 90.2 cm³/mol. The zero-order valence-corrected chi connectivity index (χ0v) is 17.3. The molecule has 4 rings (SSSR count). The van der Waals surface area contributed by atoms with Crippen LogP contribution in [0.3, 0.4) is 0 Å². The van der Waals surface area contributed by atoms with Crippen LogP contribution in [-0.4, -0.2) is 30.3 Å². The van der Waals surface area contributed by atoms with Gasteiger partial charge in [-0.3, -0.25) is 0 Å². The Morgan fingerprint density at radius 1 is 1.09 bits per heavy atom. The van der Waals surface area contributed by atoms with E-state index in [2.05, 4.69) is 24.5 Å². The molecule has 2 saturated carbocycles. The number of aromatic nitrogens is 1. The molecule has 2 bridgehead atoms. The van der Waals surface area contributed by atoms with Crippen molar-refractivity contribution in [2.75, 3.05) is 0 Å². The Bertz CT molecular complexity index is 700. The summed E-state index contributed by atoms with van der Waals surface area (Å²) >= 11 is 1.03. The molecule has 1 heterocycles. The van der Waals surface area contributed by atoms with Gasteiger partial charge < -0.3 is 0 Å². The second kappa shape index (κ2) is 5.32. The zero-order valence-electron chi connectivity index (χ0n) is 13.4. The van der Waals surface area contributed by atoms with Gasteiger partial charge in [-0.15, -0.1) is 0 Å². The van der Waals surface area contributed by atoms with Gasteiger partial charge in [-0.1, -0.05) is 0 Å². The first-order chi connectivity index (χ1) is 10.5. The van der Waals surface area contributed by atoms with Gasteiger partial charge in [0.25, 0.3) is 0 Å². The number of benzene rings is 1. The van der Waals surface area contributed by atoms with Crippen molar-refractivity contribution in [3.63, 3.8) is 0 Å². The first-order valence-electron chi connectivity index (χ1n) is 8.50. The molecule has 0 aliphatic heterocycles. The molecular formula is C19H23FNPb. The van der Waals surface area contributed by atoms with Crippen LogP contribution in [0.5, 0.6) is 0 Å². The minimum absolute atomic E-state index is 0.103. The molecule has 22 heavy (non-hydrogen) atoms. The summed E-state index contributed by atoms with van der Waals surface area (Å²) in [6.45, 7) is 4.83. The summed E-state index contributed by atoms with van der Waals surface area (Å²) < 4.78 is 17.9. The molecule has 2 fully saturated rings. The summed E-state index contributed by atoms with van der Waals surface area (Å²) in [7, 11) is 0. The van der Waals surface area contributed by atoms with Crippen LogP contribution in [-0.2, 0) is 5.54 Å². The molecule has 0 saturated heterocycles. The standard InChI is InChI=1S/C19H23FN.Pb/c1-13-7-15-8-14(2)11-19(10-13,12-15)21-6-5-16-3-4-17(20)9-18(16)21;/h3-5,9,13-15H,7-8,10-12H2,1-2H3;. The number of hydrogen-bond acceptors (Lipinski definition) is 0. The van der Waals surface area contributed by atoms with Crippen LogP contribution >= 0.6 is 0 Å². The Balaban J connectivity index is 1.92. The van der Waals surface area contributed by atoms with Crippen LogP contribution in [0.4, 0.5) is 4.39 Å². The van der Waals surface area contributed by atoms with Crippen molar-refractivity contribution < 1.29 is 4.39 Å². The van der Waals surface area contributed by atoms with Crippen molar-refractivity contribution in [3.8, 4) is 0 Å². The SMILES string of the molecule is CC1CC2CC(C)CC(n3[c]([Pb])cc4ccc(F)cc43)(C1)C2. The Morgan fingerprint density at radius 2 is 1.77 bits per heavy atom. The second-order valence-corrected chi connectivity index (χ2v) is 9.94. The first-order valence-corrected chi connectivity index (χ1v) is 10.4. The van der Waals surface area contributed by atoms with Crippen LogP contribution in [0.1, 0.15) is 46.0 Å². The van der Waals surface area contributed by atoms with Gasteiger partial charge in [-0.2, -0.15) is 0 Å². The van der Waals surface area contributed by atoms with Crippen LogP contribution in [0.15, 0.2) is 24.3 Å². The normalized spacial score (nSPS) is 35.0. The number of rotatable bonds is 1. The minimum atomic E-state index is -0.103. The average molecular weight is 492 g/mol. The summed E-state index contributed by atoms with van der Waals surface area (Å²) in [5, 5.41) is 1.22. The summed E-state index contributed by atoms with van der Waals surface area (Å²) in [6.07, 6.45) is 6.61. The van der Waals surface area contributed by atoms with Gasteiger partial charge in [0.2, 0.25) is 0 Å². The molecule has 2 aromatic rings. The molecule has 2 atom stereocenters. The maximum atomic E-state index is 13.9. The fraction of sp³-hybridized carbons (Fsp3) is 0.579. The van der Waals surface area contributed by atoms with Gasteiger partial charge >= 0.3 is 148 Å². The van der Waals surface area contributed by atoms with Gasteiger partial charge in [0.05, 0.1) is 0 Å². The first kappa shape index (κ1) is 15.2. The molecule has 2 unspecified atom stereocenters. The van der Waals surface area contributed by atoms with E-state index in [4.69, 9.17) is 0 Å². The van der Waals surface area contributed by atoms with E-state index in [0.29, 0.717) is 0 Å². The number of hydrogen-bond donors (Lipinski definition) is 0. The quantitative estimate of drug-likeness (QED) is 0.529. The molecular weight excluding hydrogens is 468 g/mol. The third kappa shape index (κ3) is 2.36. The third-order valence-electron chi connectivity index (χ3n) is 5.84. The van der Waals surface area contributed by atoms with Crippen molar-refractivity contribution in [1.82, 2.24) is 4.57 Å². The number of halogens is 1. The Hall–Kier alpha value is -0.388. The third-order valence-corrected chi connectivity index (χ3v) is 7.27. The maximum absolute atomic E-state index is 13.9. The Morgan fingerprint density at radius 3 is 2.45 bits per heavy atom. The fourth-order valence-corrected chi connectivity index (χ4v) is 7.61. The van der Waals surface area contributed by atoms with E-state index >= 15 is 0 Å². The van der Waals surface area contributed by atoms with Crippen LogP contribution < -0.4 is 3.25 Å². The van der Waals surface area contributed by atoms with E-state index in [-0.39, 0.29) is 11.4 Å². The zero-order chi connectivity index (χ0) is 15.5. The van der Waals surface area contributed by atoms with Gasteiger partial charge in [0.15, 0.2) is 0 Å². The molecule has 0 N–H and O–H groups in total. The van der Waals surface area contributed by atoms with Gasteiger partial charge in [-0.25, -0.2) is 0 Å². The molecule has 3 heteroatoms. The van der Waals surface area contributed by atoms with Crippen molar-refractivity contribution in [3.05, 3.63) is 30.1 Å². The van der Waals surface area contributed by atoms with E-state index in [9.17, 15) is 4.39 Å². The predicted octanol–water partition coefficient (Wildman–Crippen LogP) is 4.14. The Labute approximate surface area is 148 Å². The number of fused-ring (bicyclic) bond motifs is 3. The van der Waals surface area contributed by atoms with Gasteiger partial charge in [0.1, 0.15) is 0 Å². The molecule has 1 aromatic carbocycles. The monoisotopic (exact) mass is 492 g/mol.